The number of likely N-dealkylation sites (N-methyl/N-ethyl adjacent to an activating group) is 1. The second-order valence-electron chi connectivity index (χ2n) is 7.59. The molecule has 3 atom stereocenters. The minimum atomic E-state index is -1.66. The Bertz CT molecular complexity index is 1100. The second kappa shape index (κ2) is 6.61. The van der Waals surface area contributed by atoms with E-state index in [1.807, 2.05) is 55.6 Å². The van der Waals surface area contributed by atoms with Crippen LogP contribution < -0.4 is 0 Å². The summed E-state index contributed by atoms with van der Waals surface area (Å²) < 4.78 is 0. The number of nitrogens with zero attached hydrogens (tertiary/aromatic N) is 4. The van der Waals surface area contributed by atoms with Crippen molar-refractivity contribution < 1.29 is 0 Å². The lowest BCUT2D eigenvalue weighted by molar-refractivity contribution is 0.236. The van der Waals surface area contributed by atoms with Gasteiger partial charge in [0.2, 0.25) is 0 Å². The highest BCUT2D eigenvalue weighted by Crippen LogP contribution is 2.54. The molecule has 28 heavy (non-hydrogen) atoms. The van der Waals surface area contributed by atoms with Crippen molar-refractivity contribution in [2.24, 2.45) is 17.3 Å². The molecule has 2 aromatic carbocycles. The summed E-state index contributed by atoms with van der Waals surface area (Å²) in [7, 11) is 2.00. The van der Waals surface area contributed by atoms with Crippen LogP contribution in [0, 0.1) is 56.7 Å². The Morgan fingerprint density at radius 1 is 1.07 bits per heavy atom. The molecule has 0 bridgehead atoms. The van der Waals surface area contributed by atoms with Crippen LogP contribution in [0.2, 0.25) is 0 Å². The van der Waals surface area contributed by atoms with Crippen LogP contribution in [0.4, 0.5) is 0 Å². The van der Waals surface area contributed by atoms with Crippen molar-refractivity contribution in [2.75, 3.05) is 20.1 Å². The molecule has 1 N–H and O–H groups in total. The molecule has 0 radical (unpaired) electrons. The van der Waals surface area contributed by atoms with E-state index in [0.717, 1.165) is 21.9 Å². The summed E-state index contributed by atoms with van der Waals surface area (Å²) in [6, 6.07) is 20.3. The predicted molar refractivity (Wildman–Crippen MR) is 106 cm³/mol. The number of rotatable bonds is 1. The first-order chi connectivity index (χ1) is 13.6. The molecule has 0 amide bonds. The summed E-state index contributed by atoms with van der Waals surface area (Å²) in [4.78, 5) is 2.13. The third-order valence-corrected chi connectivity index (χ3v) is 6.13. The van der Waals surface area contributed by atoms with E-state index < -0.39 is 17.3 Å². The lowest BCUT2D eigenvalue weighted by Gasteiger charge is -2.47. The molecule has 1 fully saturated rings. The van der Waals surface area contributed by atoms with Gasteiger partial charge in [-0.15, -0.1) is 0 Å². The van der Waals surface area contributed by atoms with Crippen molar-refractivity contribution in [1.82, 2.24) is 4.90 Å². The number of hydrogen-bond donors (Lipinski definition) is 1. The van der Waals surface area contributed by atoms with Crippen LogP contribution in [0.3, 0.4) is 0 Å². The molecule has 1 unspecified atom stereocenters. The normalized spacial score (nSPS) is 26.4. The SMILES string of the molecule is CN1CC=C2C(C#N)C(=N)C(C#N)(C#N)[C@@H](c3cccc4ccccc34)[C@H]2C1. The zero-order valence-electron chi connectivity index (χ0n) is 15.6. The molecular weight excluding hydrogens is 346 g/mol. The van der Waals surface area contributed by atoms with Gasteiger partial charge in [0, 0.05) is 24.9 Å². The van der Waals surface area contributed by atoms with E-state index in [-0.39, 0.29) is 11.6 Å². The van der Waals surface area contributed by atoms with Gasteiger partial charge in [0.15, 0.2) is 5.41 Å². The van der Waals surface area contributed by atoms with Gasteiger partial charge in [-0.25, -0.2) is 0 Å². The monoisotopic (exact) mass is 365 g/mol. The van der Waals surface area contributed by atoms with Crippen LogP contribution in [0.25, 0.3) is 10.8 Å². The number of hydrogen-bond acceptors (Lipinski definition) is 5. The minimum absolute atomic E-state index is 0.0926. The molecule has 5 heteroatoms. The van der Waals surface area contributed by atoms with Crippen molar-refractivity contribution in [3.05, 3.63) is 59.7 Å². The molecule has 1 aliphatic carbocycles. The van der Waals surface area contributed by atoms with Gasteiger partial charge in [0.1, 0.15) is 5.92 Å². The van der Waals surface area contributed by atoms with Gasteiger partial charge in [-0.2, -0.15) is 15.8 Å². The molecule has 1 aliphatic heterocycles. The molecule has 1 heterocycles. The quantitative estimate of drug-likeness (QED) is 0.780. The van der Waals surface area contributed by atoms with E-state index in [1.165, 1.54) is 0 Å². The summed E-state index contributed by atoms with van der Waals surface area (Å²) in [6.45, 7) is 1.35. The van der Waals surface area contributed by atoms with Crippen molar-refractivity contribution in [3.63, 3.8) is 0 Å². The van der Waals surface area contributed by atoms with Gasteiger partial charge < -0.3 is 10.3 Å². The Labute approximate surface area is 164 Å². The van der Waals surface area contributed by atoms with Gasteiger partial charge in [-0.05, 0) is 29.0 Å². The largest absolute Gasteiger partial charge is 0.305 e. The highest BCUT2D eigenvalue weighted by Gasteiger charge is 2.57. The Morgan fingerprint density at radius 3 is 2.50 bits per heavy atom. The van der Waals surface area contributed by atoms with Gasteiger partial charge >= 0.3 is 0 Å². The first kappa shape index (κ1) is 17.9. The Kier molecular flexibility index (Phi) is 4.23. The average Bonchev–Trinajstić information content (AvgIpc) is 2.73. The predicted octanol–water partition coefficient (Wildman–Crippen LogP) is 3.62. The summed E-state index contributed by atoms with van der Waals surface area (Å²) in [5.74, 6) is -1.48. The van der Waals surface area contributed by atoms with Crippen LogP contribution >= 0.6 is 0 Å². The summed E-state index contributed by atoms with van der Waals surface area (Å²) >= 11 is 0. The molecule has 4 rings (SSSR count). The van der Waals surface area contributed by atoms with Gasteiger partial charge in [-0.3, -0.25) is 0 Å². The highest BCUT2D eigenvalue weighted by molar-refractivity contribution is 6.01. The van der Waals surface area contributed by atoms with E-state index in [9.17, 15) is 15.8 Å². The molecule has 2 aliphatic rings. The van der Waals surface area contributed by atoms with Crippen molar-refractivity contribution in [1.29, 1.82) is 21.2 Å². The van der Waals surface area contributed by atoms with E-state index in [1.54, 1.807) is 0 Å². The Balaban J connectivity index is 2.04. The summed E-state index contributed by atoms with van der Waals surface area (Å²) in [5.41, 5.74) is 0.0215. The van der Waals surface area contributed by atoms with E-state index in [4.69, 9.17) is 5.41 Å². The Hall–Kier alpha value is -3.46. The smallest absolute Gasteiger partial charge is 0.189 e. The Morgan fingerprint density at radius 2 is 1.79 bits per heavy atom. The number of benzene rings is 2. The molecule has 0 aromatic heterocycles. The topological polar surface area (TPSA) is 98.5 Å². The molecule has 5 nitrogen and oxygen atoms in total. The third-order valence-electron chi connectivity index (χ3n) is 6.13. The van der Waals surface area contributed by atoms with Gasteiger partial charge in [0.25, 0.3) is 0 Å². The first-order valence-corrected chi connectivity index (χ1v) is 9.24. The standard InChI is InChI=1S/C23H19N5/c1-28-10-9-17-19(11-24)22(27)23(13-25,14-26)21(20(17)12-28)18-8-4-6-15-5-2-3-7-16(15)18/h2-9,19-21,27H,10,12H2,1H3/t19?,20-,21-/m0/s1. The van der Waals surface area contributed by atoms with Crippen LogP contribution in [0.15, 0.2) is 54.1 Å². The maximum absolute atomic E-state index is 10.1. The number of nitriles is 3. The molecular formula is C23H19N5. The first-order valence-electron chi connectivity index (χ1n) is 9.24. The third kappa shape index (κ3) is 2.36. The average molecular weight is 365 g/mol. The molecule has 2 aromatic rings. The van der Waals surface area contributed by atoms with Crippen LogP contribution in [0.5, 0.6) is 0 Å². The van der Waals surface area contributed by atoms with Crippen molar-refractivity contribution >= 4 is 16.5 Å². The van der Waals surface area contributed by atoms with E-state index in [0.29, 0.717) is 13.1 Å². The molecule has 0 saturated heterocycles. The number of nitrogens with one attached hydrogen (secondary N) is 1. The molecule has 0 spiro atoms. The van der Waals surface area contributed by atoms with Crippen LogP contribution in [-0.2, 0) is 0 Å². The summed E-state index contributed by atoms with van der Waals surface area (Å²) in [6.07, 6.45) is 2.01. The van der Waals surface area contributed by atoms with Gasteiger partial charge in [0.05, 0.1) is 23.9 Å². The summed E-state index contributed by atoms with van der Waals surface area (Å²) in [5, 5.41) is 40.7. The fourth-order valence-electron chi connectivity index (χ4n) is 4.82. The van der Waals surface area contributed by atoms with Crippen molar-refractivity contribution in [3.8, 4) is 18.2 Å². The maximum Gasteiger partial charge on any atom is 0.189 e. The zero-order chi connectivity index (χ0) is 19.9. The van der Waals surface area contributed by atoms with Crippen LogP contribution in [0.1, 0.15) is 11.5 Å². The van der Waals surface area contributed by atoms with Crippen LogP contribution in [-0.4, -0.2) is 30.7 Å². The van der Waals surface area contributed by atoms with Crippen molar-refractivity contribution in [2.45, 2.75) is 5.92 Å². The van der Waals surface area contributed by atoms with E-state index in [2.05, 4.69) is 23.1 Å². The second-order valence-corrected chi connectivity index (χ2v) is 7.59. The maximum atomic E-state index is 10.1. The highest BCUT2D eigenvalue weighted by atomic mass is 15.1. The zero-order valence-corrected chi connectivity index (χ0v) is 15.6. The molecule has 1 saturated carbocycles. The van der Waals surface area contributed by atoms with Gasteiger partial charge in [-0.1, -0.05) is 48.5 Å². The molecule has 136 valence electrons. The minimum Gasteiger partial charge on any atom is -0.305 e. The lowest BCUT2D eigenvalue weighted by atomic mass is 9.54. The fourth-order valence-corrected chi connectivity index (χ4v) is 4.82. The fraction of sp³-hybridized carbons (Fsp3) is 0.304. The van der Waals surface area contributed by atoms with E-state index >= 15 is 0 Å². The lowest BCUT2D eigenvalue weighted by Crippen LogP contribution is -2.52. The number of fused-ring (bicyclic) bond motifs is 2.